The molecule has 2 heterocycles. The maximum atomic E-state index is 13.8. The minimum Gasteiger partial charge on any atom is -0.397 e. The van der Waals surface area contributed by atoms with Gasteiger partial charge in [-0.2, -0.15) is 0 Å². The minimum absolute atomic E-state index is 0.0150. The quantitative estimate of drug-likeness (QED) is 0.664. The lowest BCUT2D eigenvalue weighted by Gasteiger charge is -2.07. The average Bonchev–Trinajstić information content (AvgIpc) is 3.12. The summed E-state index contributed by atoms with van der Waals surface area (Å²) in [5.41, 5.74) is 6.70. The molecular formula is C12H10FN7O. The topological polar surface area (TPSA) is 115 Å². The molecule has 3 rings (SSSR count). The molecule has 4 N–H and O–H groups in total. The summed E-state index contributed by atoms with van der Waals surface area (Å²) < 4.78 is 15.1. The first-order chi connectivity index (χ1) is 10.1. The Bertz CT molecular complexity index is 781. The van der Waals surface area contributed by atoms with Crippen molar-refractivity contribution in [2.45, 2.75) is 0 Å². The lowest BCUT2D eigenvalue weighted by Crippen LogP contribution is -2.13. The Morgan fingerprint density at radius 3 is 2.90 bits per heavy atom. The van der Waals surface area contributed by atoms with Crippen molar-refractivity contribution in [1.29, 1.82) is 0 Å². The first-order valence-electron chi connectivity index (χ1n) is 5.91. The lowest BCUT2D eigenvalue weighted by molar-refractivity contribution is 0.102. The zero-order valence-electron chi connectivity index (χ0n) is 10.6. The zero-order valence-corrected chi connectivity index (χ0v) is 10.6. The van der Waals surface area contributed by atoms with E-state index in [0.717, 1.165) is 0 Å². The molecule has 9 heteroatoms. The number of hydrogen-bond donors (Lipinski definition) is 3. The number of nitrogens with one attached hydrogen (secondary N) is 2. The number of rotatable bonds is 3. The number of nitrogen functional groups attached to an aromatic ring is 1. The van der Waals surface area contributed by atoms with Gasteiger partial charge in [-0.15, -0.1) is 5.10 Å². The number of nitrogens with two attached hydrogens (primary N) is 1. The van der Waals surface area contributed by atoms with Gasteiger partial charge in [0.1, 0.15) is 17.8 Å². The number of H-pyrrole nitrogens is 1. The highest BCUT2D eigenvalue weighted by molar-refractivity contribution is 6.03. The lowest BCUT2D eigenvalue weighted by atomic mass is 10.2. The van der Waals surface area contributed by atoms with Gasteiger partial charge in [-0.05, 0) is 34.7 Å². The molecule has 0 unspecified atom stereocenters. The van der Waals surface area contributed by atoms with Crippen molar-refractivity contribution in [2.75, 3.05) is 11.1 Å². The molecule has 0 fully saturated rings. The molecule has 2 aromatic heterocycles. The van der Waals surface area contributed by atoms with E-state index in [-0.39, 0.29) is 11.4 Å². The molecule has 0 saturated carbocycles. The van der Waals surface area contributed by atoms with Gasteiger partial charge >= 0.3 is 0 Å². The van der Waals surface area contributed by atoms with Crippen molar-refractivity contribution in [3.63, 3.8) is 0 Å². The van der Waals surface area contributed by atoms with E-state index in [1.807, 2.05) is 0 Å². The maximum Gasteiger partial charge on any atom is 0.272 e. The Morgan fingerprint density at radius 1 is 1.38 bits per heavy atom. The monoisotopic (exact) mass is 287 g/mol. The molecule has 21 heavy (non-hydrogen) atoms. The van der Waals surface area contributed by atoms with E-state index >= 15 is 0 Å². The largest absolute Gasteiger partial charge is 0.397 e. The third kappa shape index (κ3) is 2.56. The first-order valence-corrected chi connectivity index (χ1v) is 5.91. The molecule has 0 spiro atoms. The van der Waals surface area contributed by atoms with Gasteiger partial charge in [0.05, 0.1) is 11.4 Å². The second-order valence-electron chi connectivity index (χ2n) is 4.22. The molecular weight excluding hydrogens is 277 g/mol. The van der Waals surface area contributed by atoms with Crippen LogP contribution in [-0.2, 0) is 0 Å². The summed E-state index contributed by atoms with van der Waals surface area (Å²) in [7, 11) is 0. The van der Waals surface area contributed by atoms with Crippen molar-refractivity contribution >= 4 is 17.3 Å². The molecule has 0 bridgehead atoms. The summed E-state index contributed by atoms with van der Waals surface area (Å²) in [5.74, 6) is -1.07. The number of aromatic amines is 1. The van der Waals surface area contributed by atoms with Gasteiger partial charge in [-0.3, -0.25) is 4.79 Å². The van der Waals surface area contributed by atoms with Gasteiger partial charge in [0, 0.05) is 11.9 Å². The fraction of sp³-hybridized carbons (Fsp3) is 0. The second-order valence-corrected chi connectivity index (χ2v) is 4.22. The Morgan fingerprint density at radius 2 is 2.24 bits per heavy atom. The number of benzene rings is 1. The highest BCUT2D eigenvalue weighted by Crippen LogP contribution is 2.19. The number of carbonyl (C=O) groups is 1. The van der Waals surface area contributed by atoms with Crippen LogP contribution in [0.5, 0.6) is 0 Å². The van der Waals surface area contributed by atoms with E-state index in [1.54, 1.807) is 0 Å². The van der Waals surface area contributed by atoms with Crippen LogP contribution in [0.2, 0.25) is 0 Å². The van der Waals surface area contributed by atoms with Crippen molar-refractivity contribution < 1.29 is 9.18 Å². The average molecular weight is 287 g/mol. The number of halogens is 1. The van der Waals surface area contributed by atoms with Crippen LogP contribution in [0.1, 0.15) is 10.5 Å². The van der Waals surface area contributed by atoms with Gasteiger partial charge < -0.3 is 16.0 Å². The van der Waals surface area contributed by atoms with Crippen LogP contribution in [0.3, 0.4) is 0 Å². The molecule has 8 nitrogen and oxygen atoms in total. The van der Waals surface area contributed by atoms with Gasteiger partial charge in [0.15, 0.2) is 0 Å². The van der Waals surface area contributed by atoms with Gasteiger partial charge in [-0.25, -0.2) is 9.07 Å². The molecule has 0 aliphatic heterocycles. The third-order valence-electron chi connectivity index (χ3n) is 2.76. The van der Waals surface area contributed by atoms with Crippen LogP contribution >= 0.6 is 0 Å². The van der Waals surface area contributed by atoms with Crippen LogP contribution in [0.15, 0.2) is 36.8 Å². The van der Waals surface area contributed by atoms with E-state index in [1.165, 1.54) is 41.5 Å². The molecule has 0 atom stereocenters. The number of carbonyl (C=O) groups excluding carboxylic acids is 1. The summed E-state index contributed by atoms with van der Waals surface area (Å²) >= 11 is 0. The number of amides is 1. The molecule has 106 valence electrons. The summed E-state index contributed by atoms with van der Waals surface area (Å²) in [6.45, 7) is 0. The Labute approximate surface area is 117 Å². The fourth-order valence-electron chi connectivity index (χ4n) is 1.76. The Balaban J connectivity index is 1.88. The second kappa shape index (κ2) is 5.04. The summed E-state index contributed by atoms with van der Waals surface area (Å²) in [5, 5.41) is 13.1. The van der Waals surface area contributed by atoms with E-state index < -0.39 is 11.7 Å². The number of anilines is 2. The van der Waals surface area contributed by atoms with E-state index in [4.69, 9.17) is 5.73 Å². The highest BCUT2D eigenvalue weighted by Gasteiger charge is 2.12. The summed E-state index contributed by atoms with van der Waals surface area (Å²) in [4.78, 5) is 14.7. The molecule has 1 amide bonds. The van der Waals surface area contributed by atoms with Gasteiger partial charge in [-0.1, -0.05) is 0 Å². The molecule has 3 aromatic rings. The normalized spacial score (nSPS) is 10.5. The third-order valence-corrected chi connectivity index (χ3v) is 2.76. The van der Waals surface area contributed by atoms with Gasteiger partial charge in [0.2, 0.25) is 0 Å². The smallest absolute Gasteiger partial charge is 0.272 e. The Kier molecular flexibility index (Phi) is 3.07. The molecule has 1 aromatic carbocycles. The number of tetrazole rings is 1. The van der Waals surface area contributed by atoms with Crippen molar-refractivity contribution in [2.24, 2.45) is 0 Å². The SMILES string of the molecule is Nc1c[nH]c(C(=O)Nc2cc(-n3cnnn3)ccc2F)c1. The van der Waals surface area contributed by atoms with Crippen LogP contribution in [0.4, 0.5) is 15.8 Å². The number of hydrogen-bond acceptors (Lipinski definition) is 5. The fourth-order valence-corrected chi connectivity index (χ4v) is 1.76. The molecule has 0 aliphatic rings. The highest BCUT2D eigenvalue weighted by atomic mass is 19.1. The van der Waals surface area contributed by atoms with E-state index in [2.05, 4.69) is 25.8 Å². The molecule has 0 aliphatic carbocycles. The predicted molar refractivity (Wildman–Crippen MR) is 72.3 cm³/mol. The zero-order chi connectivity index (χ0) is 14.8. The van der Waals surface area contributed by atoms with Crippen molar-refractivity contribution in [1.82, 2.24) is 25.2 Å². The maximum absolute atomic E-state index is 13.8. The van der Waals surface area contributed by atoms with Gasteiger partial charge in [0.25, 0.3) is 5.91 Å². The van der Waals surface area contributed by atoms with Crippen LogP contribution in [0.25, 0.3) is 5.69 Å². The van der Waals surface area contributed by atoms with E-state index in [9.17, 15) is 9.18 Å². The first kappa shape index (κ1) is 12.8. The van der Waals surface area contributed by atoms with Crippen LogP contribution < -0.4 is 11.1 Å². The number of aromatic nitrogens is 5. The van der Waals surface area contributed by atoms with Crippen molar-refractivity contribution in [3.05, 3.63) is 48.3 Å². The van der Waals surface area contributed by atoms with E-state index in [0.29, 0.717) is 11.4 Å². The molecule has 0 radical (unpaired) electrons. The van der Waals surface area contributed by atoms with Crippen LogP contribution in [0, 0.1) is 5.82 Å². The standard InChI is InChI=1S/C12H10FN7O/c13-9-2-1-8(20-6-16-18-19-20)4-10(9)17-12(21)11-3-7(14)5-15-11/h1-6,15H,14H2,(H,17,21). The molecule has 0 saturated heterocycles. The van der Waals surface area contributed by atoms with Crippen LogP contribution in [-0.4, -0.2) is 31.1 Å². The predicted octanol–water partition coefficient (Wildman–Crippen LogP) is 0.964. The summed E-state index contributed by atoms with van der Waals surface area (Å²) in [6, 6.07) is 5.60. The summed E-state index contributed by atoms with van der Waals surface area (Å²) in [6.07, 6.45) is 2.84. The van der Waals surface area contributed by atoms with Crippen molar-refractivity contribution in [3.8, 4) is 5.69 Å². The minimum atomic E-state index is -0.570. The Hall–Kier alpha value is -3.23. The number of nitrogens with zero attached hydrogens (tertiary/aromatic N) is 4.